The van der Waals surface area contributed by atoms with Crippen molar-refractivity contribution in [3.05, 3.63) is 57.3 Å². The molecular formula is C20H20O4S. The third kappa shape index (κ3) is 4.23. The fraction of sp³-hybridized carbons (Fsp3) is 0.350. The lowest BCUT2D eigenvalue weighted by Gasteiger charge is -2.13. The summed E-state index contributed by atoms with van der Waals surface area (Å²) in [5.41, 5.74) is 3.09. The Morgan fingerprint density at radius 3 is 2.68 bits per heavy atom. The molecule has 25 heavy (non-hydrogen) atoms. The van der Waals surface area contributed by atoms with Crippen LogP contribution in [0.1, 0.15) is 57.3 Å². The van der Waals surface area contributed by atoms with Crippen LogP contribution in [0.15, 0.2) is 35.7 Å². The molecule has 4 nitrogen and oxygen atoms in total. The van der Waals surface area contributed by atoms with E-state index in [0.29, 0.717) is 10.4 Å². The summed E-state index contributed by atoms with van der Waals surface area (Å²) in [4.78, 5) is 36.9. The van der Waals surface area contributed by atoms with Crippen molar-refractivity contribution in [3.8, 4) is 0 Å². The standard InChI is InChI=1S/C20H20O4S/c1-13(20(23)16-8-7-14-4-2-5-15(14)12-16)24-19(22)10-9-17(21)18-6-3-11-25-18/h3,6-8,11-13H,2,4-5,9-10H2,1H3/t13-/m0/s1. The second-order valence-corrected chi connectivity index (χ2v) is 7.18. The molecule has 1 aromatic carbocycles. The number of carbonyl (C=O) groups is 3. The van der Waals surface area contributed by atoms with Crippen molar-refractivity contribution < 1.29 is 19.1 Å². The monoisotopic (exact) mass is 356 g/mol. The van der Waals surface area contributed by atoms with Crippen molar-refractivity contribution in [3.63, 3.8) is 0 Å². The first-order chi connectivity index (χ1) is 12.0. The van der Waals surface area contributed by atoms with Crippen LogP contribution >= 0.6 is 11.3 Å². The number of Topliss-reactive ketones (excluding diaryl/α,β-unsaturated/α-hetero) is 2. The number of aryl methyl sites for hydroxylation is 2. The zero-order valence-corrected chi connectivity index (χ0v) is 14.9. The van der Waals surface area contributed by atoms with Gasteiger partial charge in [0.1, 0.15) is 0 Å². The number of carbonyl (C=O) groups excluding carboxylic acids is 3. The lowest BCUT2D eigenvalue weighted by molar-refractivity contribution is -0.146. The smallest absolute Gasteiger partial charge is 0.306 e. The van der Waals surface area contributed by atoms with Gasteiger partial charge in [0.25, 0.3) is 0 Å². The quantitative estimate of drug-likeness (QED) is 0.555. The molecule has 2 aromatic rings. The van der Waals surface area contributed by atoms with Crippen molar-refractivity contribution in [2.75, 3.05) is 0 Å². The number of hydrogen-bond acceptors (Lipinski definition) is 5. The molecule has 1 aromatic heterocycles. The highest BCUT2D eigenvalue weighted by Crippen LogP contribution is 2.23. The molecule has 0 radical (unpaired) electrons. The zero-order valence-electron chi connectivity index (χ0n) is 14.1. The van der Waals surface area contributed by atoms with Gasteiger partial charge >= 0.3 is 5.97 Å². The van der Waals surface area contributed by atoms with E-state index in [2.05, 4.69) is 0 Å². The van der Waals surface area contributed by atoms with Crippen molar-refractivity contribution in [1.29, 1.82) is 0 Å². The van der Waals surface area contributed by atoms with Gasteiger partial charge in [-0.3, -0.25) is 14.4 Å². The van der Waals surface area contributed by atoms with E-state index in [1.165, 1.54) is 22.5 Å². The van der Waals surface area contributed by atoms with Crippen molar-refractivity contribution in [1.82, 2.24) is 0 Å². The first kappa shape index (κ1) is 17.5. The lowest BCUT2D eigenvalue weighted by Crippen LogP contribution is -2.24. The van der Waals surface area contributed by atoms with Gasteiger partial charge in [-0.05, 0) is 54.8 Å². The summed E-state index contributed by atoms with van der Waals surface area (Å²) in [7, 11) is 0. The Morgan fingerprint density at radius 1 is 1.12 bits per heavy atom. The fourth-order valence-electron chi connectivity index (χ4n) is 3.05. The van der Waals surface area contributed by atoms with E-state index in [4.69, 9.17) is 4.74 Å². The largest absolute Gasteiger partial charge is 0.454 e. The van der Waals surface area contributed by atoms with Gasteiger partial charge in [-0.2, -0.15) is 0 Å². The summed E-state index contributed by atoms with van der Waals surface area (Å²) in [5.74, 6) is -0.802. The molecule has 1 heterocycles. The number of esters is 1. The highest BCUT2D eigenvalue weighted by molar-refractivity contribution is 7.12. The predicted octanol–water partition coefficient (Wildman–Crippen LogP) is 4.01. The molecule has 0 bridgehead atoms. The topological polar surface area (TPSA) is 60.4 Å². The molecule has 0 aliphatic heterocycles. The summed E-state index contributed by atoms with van der Waals surface area (Å²) in [6.07, 6.45) is 2.42. The molecule has 0 unspecified atom stereocenters. The first-order valence-electron chi connectivity index (χ1n) is 8.47. The molecule has 0 amide bonds. The molecule has 1 atom stereocenters. The molecule has 130 valence electrons. The van der Waals surface area contributed by atoms with E-state index < -0.39 is 12.1 Å². The number of ether oxygens (including phenoxy) is 1. The summed E-state index contributed by atoms with van der Waals surface area (Å²) < 4.78 is 5.22. The van der Waals surface area contributed by atoms with E-state index in [-0.39, 0.29) is 24.4 Å². The lowest BCUT2D eigenvalue weighted by atomic mass is 10.0. The maximum atomic E-state index is 12.5. The van der Waals surface area contributed by atoms with Crippen LogP contribution < -0.4 is 0 Å². The average Bonchev–Trinajstić information content (AvgIpc) is 3.29. The van der Waals surface area contributed by atoms with E-state index >= 15 is 0 Å². The number of fused-ring (bicyclic) bond motifs is 1. The number of hydrogen-bond donors (Lipinski definition) is 0. The molecule has 1 aliphatic rings. The van der Waals surface area contributed by atoms with Gasteiger partial charge in [0.2, 0.25) is 5.78 Å². The van der Waals surface area contributed by atoms with Crippen LogP contribution in [-0.2, 0) is 22.4 Å². The third-order valence-corrected chi connectivity index (χ3v) is 5.32. The van der Waals surface area contributed by atoms with Gasteiger partial charge < -0.3 is 4.74 Å². The van der Waals surface area contributed by atoms with Gasteiger partial charge in [0, 0.05) is 12.0 Å². The summed E-state index contributed by atoms with van der Waals surface area (Å²) in [6, 6.07) is 9.24. The minimum Gasteiger partial charge on any atom is -0.454 e. The molecule has 0 spiro atoms. The molecule has 1 aliphatic carbocycles. The van der Waals surface area contributed by atoms with Gasteiger partial charge in [-0.25, -0.2) is 0 Å². The van der Waals surface area contributed by atoms with E-state index in [1.54, 1.807) is 25.1 Å². The van der Waals surface area contributed by atoms with Crippen LogP contribution in [0, 0.1) is 0 Å². The molecule has 0 N–H and O–H groups in total. The maximum absolute atomic E-state index is 12.5. The van der Waals surface area contributed by atoms with Crippen LogP contribution in [0.3, 0.4) is 0 Å². The van der Waals surface area contributed by atoms with Crippen LogP contribution in [0.25, 0.3) is 0 Å². The van der Waals surface area contributed by atoms with Gasteiger partial charge in [-0.15, -0.1) is 11.3 Å². The Hall–Kier alpha value is -2.27. The predicted molar refractivity (Wildman–Crippen MR) is 96.2 cm³/mol. The Labute approximate surface area is 150 Å². The molecule has 0 saturated carbocycles. The fourth-order valence-corrected chi connectivity index (χ4v) is 3.74. The second-order valence-electron chi connectivity index (χ2n) is 6.23. The first-order valence-corrected chi connectivity index (χ1v) is 9.35. The van der Waals surface area contributed by atoms with E-state index in [9.17, 15) is 14.4 Å². The van der Waals surface area contributed by atoms with Gasteiger partial charge in [0.15, 0.2) is 11.9 Å². The van der Waals surface area contributed by atoms with E-state index in [1.807, 2.05) is 17.5 Å². The molecule has 0 saturated heterocycles. The normalized spacial score (nSPS) is 14.0. The average molecular weight is 356 g/mol. The van der Waals surface area contributed by atoms with Crippen LogP contribution in [0.2, 0.25) is 0 Å². The second kappa shape index (κ2) is 7.74. The molecule has 3 rings (SSSR count). The highest BCUT2D eigenvalue weighted by atomic mass is 32.1. The Morgan fingerprint density at radius 2 is 1.92 bits per heavy atom. The summed E-state index contributed by atoms with van der Waals surface area (Å²) in [5, 5.41) is 1.82. The van der Waals surface area contributed by atoms with Crippen LogP contribution in [-0.4, -0.2) is 23.6 Å². The van der Waals surface area contributed by atoms with Crippen LogP contribution in [0.5, 0.6) is 0 Å². The van der Waals surface area contributed by atoms with Crippen molar-refractivity contribution in [2.24, 2.45) is 0 Å². The SMILES string of the molecule is C[C@H](OC(=O)CCC(=O)c1cccs1)C(=O)c1ccc2c(c1)CCC2. The van der Waals surface area contributed by atoms with Crippen molar-refractivity contribution in [2.45, 2.75) is 45.1 Å². The molecule has 0 fully saturated rings. The number of rotatable bonds is 7. The Balaban J connectivity index is 1.52. The molecule has 5 heteroatoms. The summed E-state index contributed by atoms with van der Waals surface area (Å²) >= 11 is 1.35. The van der Waals surface area contributed by atoms with E-state index in [0.717, 1.165) is 19.3 Å². The minimum atomic E-state index is -0.844. The summed E-state index contributed by atoms with van der Waals surface area (Å²) in [6.45, 7) is 1.58. The highest BCUT2D eigenvalue weighted by Gasteiger charge is 2.22. The van der Waals surface area contributed by atoms with Crippen molar-refractivity contribution >= 4 is 28.9 Å². The van der Waals surface area contributed by atoms with Gasteiger partial charge in [0.05, 0.1) is 11.3 Å². The number of benzene rings is 1. The number of ketones is 2. The Bertz CT molecular complexity index is 792. The Kier molecular flexibility index (Phi) is 5.43. The number of thiophene rings is 1. The van der Waals surface area contributed by atoms with Gasteiger partial charge in [-0.1, -0.05) is 18.2 Å². The molecular weight excluding hydrogens is 336 g/mol. The maximum Gasteiger partial charge on any atom is 0.306 e. The minimum absolute atomic E-state index is 0.0153. The van der Waals surface area contributed by atoms with Crippen LogP contribution in [0.4, 0.5) is 0 Å². The third-order valence-electron chi connectivity index (χ3n) is 4.41. The zero-order chi connectivity index (χ0) is 17.8.